The van der Waals surface area contributed by atoms with E-state index in [2.05, 4.69) is 15.5 Å². The van der Waals surface area contributed by atoms with Crippen LogP contribution >= 0.6 is 22.9 Å². The summed E-state index contributed by atoms with van der Waals surface area (Å²) in [6.45, 7) is 3.12. The fraction of sp³-hybridized carbons (Fsp3) is 0.226. The molecule has 0 bridgehead atoms. The fourth-order valence-electron chi connectivity index (χ4n) is 4.72. The number of hydrogen-bond donors (Lipinski definition) is 2. The third kappa shape index (κ3) is 7.19. The second kappa shape index (κ2) is 12.7. The summed E-state index contributed by atoms with van der Waals surface area (Å²) in [5, 5.41) is 7.44. The van der Waals surface area contributed by atoms with Gasteiger partial charge in [0.2, 0.25) is 0 Å². The Morgan fingerprint density at radius 2 is 1.62 bits per heavy atom. The van der Waals surface area contributed by atoms with E-state index in [1.165, 1.54) is 30.3 Å². The number of amides is 2. The van der Waals surface area contributed by atoms with Gasteiger partial charge in [-0.3, -0.25) is 14.5 Å². The van der Waals surface area contributed by atoms with Crippen LogP contribution in [0.5, 0.6) is 0 Å². The monoisotopic (exact) mass is 612 g/mol. The van der Waals surface area contributed by atoms with Gasteiger partial charge in [-0.2, -0.15) is 13.2 Å². The number of thiophene rings is 1. The van der Waals surface area contributed by atoms with Crippen molar-refractivity contribution in [3.8, 4) is 10.4 Å². The van der Waals surface area contributed by atoms with Crippen LogP contribution in [0.4, 0.5) is 24.5 Å². The van der Waals surface area contributed by atoms with E-state index in [9.17, 15) is 22.8 Å². The Labute approximate surface area is 250 Å². The number of piperazine rings is 1. The summed E-state index contributed by atoms with van der Waals surface area (Å²) in [5.41, 5.74) is 1.01. The maximum absolute atomic E-state index is 14.0. The van der Waals surface area contributed by atoms with Gasteiger partial charge in [0.15, 0.2) is 0 Å². The Morgan fingerprint density at radius 3 is 2.33 bits per heavy atom. The van der Waals surface area contributed by atoms with Gasteiger partial charge in [-0.05, 0) is 72.1 Å². The maximum Gasteiger partial charge on any atom is 0.416 e. The van der Waals surface area contributed by atoms with Crippen molar-refractivity contribution >= 4 is 46.1 Å². The highest BCUT2D eigenvalue weighted by Gasteiger charge is 2.34. The van der Waals surface area contributed by atoms with Crippen LogP contribution in [0, 0.1) is 0 Å². The lowest BCUT2D eigenvalue weighted by atomic mass is 10.0. The van der Waals surface area contributed by atoms with Gasteiger partial charge in [0.05, 0.1) is 16.3 Å². The number of nitrogens with zero attached hydrogens (tertiary/aromatic N) is 2. The molecule has 0 saturated carbocycles. The van der Waals surface area contributed by atoms with Crippen LogP contribution in [0.15, 0.2) is 78.2 Å². The Hall–Kier alpha value is -3.70. The number of alkyl halides is 3. The number of carbonyl (C=O) groups excluding carboxylic acids is 2. The molecule has 1 aliphatic rings. The molecule has 42 heavy (non-hydrogen) atoms. The Kier molecular flexibility index (Phi) is 8.98. The zero-order chi connectivity index (χ0) is 29.9. The quantitative estimate of drug-likeness (QED) is 0.229. The molecule has 2 N–H and O–H groups in total. The van der Waals surface area contributed by atoms with E-state index < -0.39 is 23.6 Å². The molecule has 6 nitrogen and oxygen atoms in total. The Balaban J connectivity index is 1.30. The van der Waals surface area contributed by atoms with E-state index in [1.54, 1.807) is 29.5 Å². The summed E-state index contributed by atoms with van der Waals surface area (Å²) in [6.07, 6.45) is -4.58. The minimum Gasteiger partial charge on any atom is -0.322 e. The van der Waals surface area contributed by atoms with Crippen molar-refractivity contribution in [2.75, 3.05) is 43.9 Å². The molecule has 0 spiro atoms. The molecule has 0 unspecified atom stereocenters. The molecule has 11 heteroatoms. The molecular formula is C31H28ClF3N4O2S. The van der Waals surface area contributed by atoms with Gasteiger partial charge in [0.25, 0.3) is 11.8 Å². The minimum atomic E-state index is -4.58. The number of hydrogen-bond acceptors (Lipinski definition) is 5. The normalized spacial score (nSPS) is 14.5. The number of benzene rings is 3. The number of rotatable bonds is 7. The van der Waals surface area contributed by atoms with Crippen molar-refractivity contribution in [1.29, 1.82) is 0 Å². The van der Waals surface area contributed by atoms with Crippen LogP contribution in [-0.4, -0.2) is 54.8 Å². The summed E-state index contributed by atoms with van der Waals surface area (Å²) in [5.74, 6) is -1.06. The van der Waals surface area contributed by atoms with Gasteiger partial charge in [0, 0.05) is 54.4 Å². The summed E-state index contributed by atoms with van der Waals surface area (Å²) in [4.78, 5) is 31.2. The van der Waals surface area contributed by atoms with E-state index in [1.807, 2.05) is 35.5 Å². The van der Waals surface area contributed by atoms with Crippen LogP contribution in [-0.2, 0) is 12.7 Å². The first kappa shape index (κ1) is 29.8. The molecule has 1 aromatic heterocycles. The standard InChI is InChI=1S/C31H28ClF3N4O2S/c1-38-11-13-39(14-12-38)19-23-7-9-24(18-25(23)31(33,34)35)36-29(40)22-8-10-26(32)27(17-22)37-30(41)21-5-2-4-20(16-21)28-6-3-15-42-28/h2-10,15-18H,11-14,19H2,1H3,(H,36,40)(H,37,41). The number of likely N-dealkylation sites (N-methyl/N-ethyl adjacent to an activating group) is 1. The van der Waals surface area contributed by atoms with Crippen LogP contribution in [0.25, 0.3) is 10.4 Å². The predicted octanol–water partition coefficient (Wildman–Crippen LogP) is 7.34. The molecule has 2 heterocycles. The van der Waals surface area contributed by atoms with Gasteiger partial charge in [0.1, 0.15) is 0 Å². The van der Waals surface area contributed by atoms with E-state index in [0.717, 1.165) is 29.6 Å². The maximum atomic E-state index is 14.0. The third-order valence-electron chi connectivity index (χ3n) is 7.07. The molecule has 218 valence electrons. The van der Waals surface area contributed by atoms with Crippen molar-refractivity contribution in [2.24, 2.45) is 0 Å². The second-order valence-electron chi connectivity index (χ2n) is 10.1. The molecule has 0 atom stereocenters. The summed E-state index contributed by atoms with van der Waals surface area (Å²) < 4.78 is 41.9. The molecule has 1 saturated heterocycles. The van der Waals surface area contributed by atoms with Gasteiger partial charge in [-0.1, -0.05) is 35.9 Å². The highest BCUT2D eigenvalue weighted by Crippen LogP contribution is 2.35. The van der Waals surface area contributed by atoms with Crippen molar-refractivity contribution in [3.05, 3.63) is 105 Å². The molecule has 0 radical (unpaired) electrons. The molecule has 0 aliphatic carbocycles. The fourth-order valence-corrected chi connectivity index (χ4v) is 5.61. The first-order valence-electron chi connectivity index (χ1n) is 13.2. The van der Waals surface area contributed by atoms with Crippen LogP contribution in [0.1, 0.15) is 31.8 Å². The van der Waals surface area contributed by atoms with Gasteiger partial charge < -0.3 is 15.5 Å². The zero-order valence-electron chi connectivity index (χ0n) is 22.7. The van der Waals surface area contributed by atoms with Gasteiger partial charge in [-0.25, -0.2) is 0 Å². The second-order valence-corrected chi connectivity index (χ2v) is 11.5. The molecule has 1 fully saturated rings. The van der Waals surface area contributed by atoms with Crippen LogP contribution in [0.3, 0.4) is 0 Å². The molecule has 5 rings (SSSR count). The van der Waals surface area contributed by atoms with Gasteiger partial charge >= 0.3 is 6.18 Å². The topological polar surface area (TPSA) is 64.7 Å². The lowest BCUT2D eigenvalue weighted by Crippen LogP contribution is -2.44. The van der Waals surface area contributed by atoms with Crippen molar-refractivity contribution in [3.63, 3.8) is 0 Å². The highest BCUT2D eigenvalue weighted by atomic mass is 35.5. The van der Waals surface area contributed by atoms with Crippen molar-refractivity contribution < 1.29 is 22.8 Å². The SMILES string of the molecule is CN1CCN(Cc2ccc(NC(=O)c3ccc(Cl)c(NC(=O)c4cccc(-c5cccs5)c4)c3)cc2C(F)(F)F)CC1. The average Bonchev–Trinajstić information content (AvgIpc) is 3.51. The molecule has 1 aliphatic heterocycles. The first-order valence-corrected chi connectivity index (χ1v) is 14.5. The number of halogens is 4. The van der Waals surface area contributed by atoms with Crippen LogP contribution in [0.2, 0.25) is 5.02 Å². The summed E-state index contributed by atoms with van der Waals surface area (Å²) in [7, 11) is 1.98. The zero-order valence-corrected chi connectivity index (χ0v) is 24.2. The highest BCUT2D eigenvalue weighted by molar-refractivity contribution is 7.13. The number of nitrogens with one attached hydrogen (secondary N) is 2. The third-order valence-corrected chi connectivity index (χ3v) is 8.32. The molecule has 2 amide bonds. The minimum absolute atomic E-state index is 0.0142. The van der Waals surface area contributed by atoms with E-state index in [0.29, 0.717) is 18.7 Å². The van der Waals surface area contributed by atoms with E-state index >= 15 is 0 Å². The largest absolute Gasteiger partial charge is 0.416 e. The molecule has 3 aromatic carbocycles. The Bertz CT molecular complexity index is 1590. The number of anilines is 2. The lowest BCUT2D eigenvalue weighted by Gasteiger charge is -2.33. The lowest BCUT2D eigenvalue weighted by molar-refractivity contribution is -0.138. The van der Waals surface area contributed by atoms with E-state index in [4.69, 9.17) is 11.6 Å². The predicted molar refractivity (Wildman–Crippen MR) is 161 cm³/mol. The van der Waals surface area contributed by atoms with Crippen molar-refractivity contribution in [1.82, 2.24) is 9.80 Å². The number of carbonyl (C=O) groups is 2. The van der Waals surface area contributed by atoms with Crippen LogP contribution < -0.4 is 10.6 Å². The van der Waals surface area contributed by atoms with E-state index in [-0.39, 0.29) is 34.1 Å². The first-order chi connectivity index (χ1) is 20.1. The van der Waals surface area contributed by atoms with Crippen molar-refractivity contribution in [2.45, 2.75) is 12.7 Å². The smallest absolute Gasteiger partial charge is 0.322 e. The average molecular weight is 613 g/mol. The summed E-state index contributed by atoms with van der Waals surface area (Å²) in [6, 6.07) is 19.1. The summed E-state index contributed by atoms with van der Waals surface area (Å²) >= 11 is 7.86. The molecular weight excluding hydrogens is 585 g/mol. The molecule has 4 aromatic rings. The van der Waals surface area contributed by atoms with Gasteiger partial charge in [-0.15, -0.1) is 11.3 Å². The Morgan fingerprint density at radius 1 is 0.881 bits per heavy atom.